The van der Waals surface area contributed by atoms with Crippen molar-refractivity contribution in [2.75, 3.05) is 13.1 Å². The lowest BCUT2D eigenvalue weighted by Crippen LogP contribution is -2.44. The third-order valence-electron chi connectivity index (χ3n) is 2.56. The third-order valence-corrected chi connectivity index (χ3v) is 2.56. The van der Waals surface area contributed by atoms with E-state index in [0.29, 0.717) is 12.8 Å². The van der Waals surface area contributed by atoms with E-state index in [0.717, 1.165) is 19.3 Å². The number of alkyl halides is 3. The van der Waals surface area contributed by atoms with E-state index in [1.807, 2.05) is 0 Å². The molecule has 2 N–H and O–H groups in total. The fourth-order valence-electron chi connectivity index (χ4n) is 1.82. The van der Waals surface area contributed by atoms with Crippen molar-refractivity contribution in [2.45, 2.75) is 43.9 Å². The minimum Gasteiger partial charge on any atom is -0.389 e. The van der Waals surface area contributed by atoms with Crippen LogP contribution in [-0.2, 0) is 0 Å². The standard InChI is InChI=1S/C9H16F3NO/c10-9(11,12)7-13-6-8(14)4-2-1-3-5-8/h13-14H,1-7H2. The quantitative estimate of drug-likeness (QED) is 0.746. The van der Waals surface area contributed by atoms with E-state index < -0.39 is 18.3 Å². The average molecular weight is 211 g/mol. The summed E-state index contributed by atoms with van der Waals surface area (Å²) in [5.74, 6) is 0. The predicted octanol–water partition coefficient (Wildman–Crippen LogP) is 1.83. The Balaban J connectivity index is 2.22. The molecule has 1 aliphatic rings. The second-order valence-corrected chi connectivity index (χ2v) is 4.00. The maximum absolute atomic E-state index is 11.8. The fraction of sp³-hybridized carbons (Fsp3) is 1.00. The molecule has 5 heteroatoms. The molecule has 84 valence electrons. The highest BCUT2D eigenvalue weighted by Crippen LogP contribution is 2.27. The van der Waals surface area contributed by atoms with Crippen LogP contribution in [0, 0.1) is 0 Å². The first-order valence-electron chi connectivity index (χ1n) is 4.91. The number of halogens is 3. The van der Waals surface area contributed by atoms with Gasteiger partial charge in [0.05, 0.1) is 12.1 Å². The summed E-state index contributed by atoms with van der Waals surface area (Å²) in [7, 11) is 0. The van der Waals surface area contributed by atoms with Crippen LogP contribution in [0.3, 0.4) is 0 Å². The summed E-state index contributed by atoms with van der Waals surface area (Å²) in [6.07, 6.45) is -0.0866. The largest absolute Gasteiger partial charge is 0.401 e. The van der Waals surface area contributed by atoms with Crippen molar-refractivity contribution in [3.63, 3.8) is 0 Å². The lowest BCUT2D eigenvalue weighted by atomic mass is 9.85. The van der Waals surface area contributed by atoms with Gasteiger partial charge in [-0.25, -0.2) is 0 Å². The predicted molar refractivity (Wildman–Crippen MR) is 47.0 cm³/mol. The van der Waals surface area contributed by atoms with Crippen molar-refractivity contribution in [2.24, 2.45) is 0 Å². The molecule has 0 heterocycles. The Hall–Kier alpha value is -0.290. The molecule has 1 rings (SSSR count). The monoisotopic (exact) mass is 211 g/mol. The van der Waals surface area contributed by atoms with Crippen LogP contribution in [0.5, 0.6) is 0 Å². The van der Waals surface area contributed by atoms with E-state index in [1.165, 1.54) is 0 Å². The van der Waals surface area contributed by atoms with Gasteiger partial charge in [0.1, 0.15) is 0 Å². The molecule has 1 saturated carbocycles. The first-order valence-corrected chi connectivity index (χ1v) is 4.91. The summed E-state index contributed by atoms with van der Waals surface area (Å²) in [5.41, 5.74) is -0.913. The molecule has 0 aliphatic heterocycles. The summed E-state index contributed by atoms with van der Waals surface area (Å²) in [6.45, 7) is -0.970. The van der Waals surface area contributed by atoms with Gasteiger partial charge >= 0.3 is 6.18 Å². The Morgan fingerprint density at radius 2 is 1.71 bits per heavy atom. The molecule has 14 heavy (non-hydrogen) atoms. The lowest BCUT2D eigenvalue weighted by Gasteiger charge is -2.32. The topological polar surface area (TPSA) is 32.3 Å². The van der Waals surface area contributed by atoms with Crippen LogP contribution in [0.25, 0.3) is 0 Å². The number of rotatable bonds is 3. The van der Waals surface area contributed by atoms with Crippen LogP contribution < -0.4 is 5.32 Å². The Morgan fingerprint density at radius 1 is 1.14 bits per heavy atom. The van der Waals surface area contributed by atoms with Gasteiger partial charge in [-0.3, -0.25) is 0 Å². The van der Waals surface area contributed by atoms with Gasteiger partial charge in [-0.2, -0.15) is 13.2 Å². The van der Waals surface area contributed by atoms with Crippen molar-refractivity contribution in [1.82, 2.24) is 5.32 Å². The van der Waals surface area contributed by atoms with Gasteiger partial charge in [0, 0.05) is 6.54 Å². The van der Waals surface area contributed by atoms with E-state index in [-0.39, 0.29) is 6.54 Å². The van der Waals surface area contributed by atoms with Crippen molar-refractivity contribution in [1.29, 1.82) is 0 Å². The second kappa shape index (κ2) is 4.49. The van der Waals surface area contributed by atoms with Crippen molar-refractivity contribution in [3.8, 4) is 0 Å². The number of hydrogen-bond donors (Lipinski definition) is 2. The van der Waals surface area contributed by atoms with Gasteiger partial charge in [-0.1, -0.05) is 19.3 Å². The molecular weight excluding hydrogens is 195 g/mol. The van der Waals surface area contributed by atoms with Gasteiger partial charge < -0.3 is 10.4 Å². The maximum Gasteiger partial charge on any atom is 0.401 e. The molecule has 1 fully saturated rings. The molecule has 0 aromatic rings. The van der Waals surface area contributed by atoms with Gasteiger partial charge in [0.25, 0.3) is 0 Å². The number of hydrogen-bond acceptors (Lipinski definition) is 2. The first-order chi connectivity index (χ1) is 6.41. The molecule has 0 aromatic heterocycles. The van der Waals surface area contributed by atoms with Crippen LogP contribution in [0.2, 0.25) is 0 Å². The molecule has 0 bridgehead atoms. The van der Waals surface area contributed by atoms with E-state index in [9.17, 15) is 18.3 Å². The summed E-state index contributed by atoms with van der Waals surface area (Å²) >= 11 is 0. The van der Waals surface area contributed by atoms with Crippen LogP contribution in [0.15, 0.2) is 0 Å². The zero-order valence-electron chi connectivity index (χ0n) is 8.03. The van der Waals surface area contributed by atoms with E-state index >= 15 is 0 Å². The van der Waals surface area contributed by atoms with Crippen LogP contribution in [0.4, 0.5) is 13.2 Å². The zero-order chi connectivity index (χ0) is 10.7. The van der Waals surface area contributed by atoms with E-state index in [1.54, 1.807) is 0 Å². The second-order valence-electron chi connectivity index (χ2n) is 4.00. The van der Waals surface area contributed by atoms with Crippen LogP contribution in [-0.4, -0.2) is 30.0 Å². The Kier molecular flexibility index (Phi) is 3.78. The van der Waals surface area contributed by atoms with Crippen LogP contribution >= 0.6 is 0 Å². The van der Waals surface area contributed by atoms with E-state index in [4.69, 9.17) is 0 Å². The van der Waals surface area contributed by atoms with Crippen molar-refractivity contribution in [3.05, 3.63) is 0 Å². The van der Waals surface area contributed by atoms with E-state index in [2.05, 4.69) is 5.32 Å². The molecule has 0 aromatic carbocycles. The molecule has 0 radical (unpaired) electrons. The summed E-state index contributed by atoms with van der Waals surface area (Å²) < 4.78 is 35.4. The Bertz CT molecular complexity index is 175. The minimum atomic E-state index is -4.19. The highest BCUT2D eigenvalue weighted by molar-refractivity contribution is 4.84. The fourth-order valence-corrected chi connectivity index (χ4v) is 1.82. The minimum absolute atomic E-state index is 0.0481. The number of nitrogens with one attached hydrogen (secondary N) is 1. The van der Waals surface area contributed by atoms with Gasteiger partial charge in [0.15, 0.2) is 0 Å². The maximum atomic E-state index is 11.8. The smallest absolute Gasteiger partial charge is 0.389 e. The Morgan fingerprint density at radius 3 is 2.21 bits per heavy atom. The molecule has 1 aliphatic carbocycles. The van der Waals surface area contributed by atoms with Crippen molar-refractivity contribution >= 4 is 0 Å². The SMILES string of the molecule is OC1(CNCC(F)(F)F)CCCCC1. The first kappa shape index (κ1) is 11.8. The summed E-state index contributed by atoms with van der Waals surface area (Å²) in [4.78, 5) is 0. The highest BCUT2D eigenvalue weighted by atomic mass is 19.4. The molecule has 0 saturated heterocycles. The zero-order valence-corrected chi connectivity index (χ0v) is 8.03. The molecule has 0 atom stereocenters. The van der Waals surface area contributed by atoms with Gasteiger partial charge in [-0.05, 0) is 12.8 Å². The number of aliphatic hydroxyl groups is 1. The molecule has 2 nitrogen and oxygen atoms in total. The average Bonchev–Trinajstić information content (AvgIpc) is 2.02. The summed E-state index contributed by atoms with van der Waals surface area (Å²) in [6, 6.07) is 0. The Labute approximate surface area is 81.5 Å². The lowest BCUT2D eigenvalue weighted by molar-refractivity contribution is -0.127. The van der Waals surface area contributed by atoms with Crippen LogP contribution in [0.1, 0.15) is 32.1 Å². The molecule has 0 spiro atoms. The van der Waals surface area contributed by atoms with Crippen molar-refractivity contribution < 1.29 is 18.3 Å². The summed E-state index contributed by atoms with van der Waals surface area (Å²) in [5, 5.41) is 12.1. The third kappa shape index (κ3) is 4.28. The van der Waals surface area contributed by atoms with Gasteiger partial charge in [0.2, 0.25) is 0 Å². The molecular formula is C9H16F3NO. The molecule has 0 amide bonds. The normalized spacial score (nSPS) is 22.3. The highest BCUT2D eigenvalue weighted by Gasteiger charge is 2.31. The van der Waals surface area contributed by atoms with Gasteiger partial charge in [-0.15, -0.1) is 0 Å². The molecule has 0 unspecified atom stereocenters.